The Balaban J connectivity index is 1.80. The highest BCUT2D eigenvalue weighted by Gasteiger charge is 2.21. The lowest BCUT2D eigenvalue weighted by molar-refractivity contribution is -0.384. The number of amides is 2. The van der Waals surface area contributed by atoms with Crippen molar-refractivity contribution in [2.75, 3.05) is 19.7 Å². The Morgan fingerprint density at radius 3 is 2.48 bits per heavy atom. The highest BCUT2D eigenvalue weighted by atomic mass is 16.6. The van der Waals surface area contributed by atoms with E-state index in [-0.39, 0.29) is 18.3 Å². The van der Waals surface area contributed by atoms with Crippen LogP contribution in [0.2, 0.25) is 0 Å². The molecule has 0 aromatic heterocycles. The van der Waals surface area contributed by atoms with Gasteiger partial charge in [0, 0.05) is 38.4 Å². The molecular formula is C14H19N3O4. The third-order valence-corrected chi connectivity index (χ3v) is 3.75. The maximum atomic E-state index is 12.0. The minimum atomic E-state index is -0.451. The highest BCUT2D eigenvalue weighted by molar-refractivity contribution is 5.74. The number of non-ortho nitro benzene ring substituents is 1. The Labute approximate surface area is 122 Å². The number of nitrogens with zero attached hydrogens (tertiary/aromatic N) is 2. The summed E-state index contributed by atoms with van der Waals surface area (Å²) < 4.78 is 0. The number of nitrogens with one attached hydrogen (secondary N) is 1. The van der Waals surface area contributed by atoms with E-state index in [9.17, 15) is 14.9 Å². The molecule has 114 valence electrons. The predicted molar refractivity (Wildman–Crippen MR) is 76.7 cm³/mol. The van der Waals surface area contributed by atoms with Gasteiger partial charge in [0.25, 0.3) is 5.69 Å². The number of aliphatic hydroxyl groups excluding tert-OH is 1. The number of hydrogen-bond donors (Lipinski definition) is 2. The van der Waals surface area contributed by atoms with E-state index in [1.165, 1.54) is 12.1 Å². The molecule has 7 heteroatoms. The minimum absolute atomic E-state index is 0.0381. The molecule has 0 unspecified atom stereocenters. The van der Waals surface area contributed by atoms with Gasteiger partial charge in [-0.05, 0) is 24.3 Å². The molecule has 1 fully saturated rings. The van der Waals surface area contributed by atoms with Gasteiger partial charge in [0.15, 0.2) is 0 Å². The molecule has 0 aliphatic carbocycles. The number of rotatable bonds is 4. The topological polar surface area (TPSA) is 95.7 Å². The Hall–Kier alpha value is -2.15. The Bertz CT molecular complexity index is 495. The molecular weight excluding hydrogens is 274 g/mol. The predicted octanol–water partition coefficient (Wildman–Crippen LogP) is 1.51. The van der Waals surface area contributed by atoms with Crippen LogP contribution in [0.4, 0.5) is 10.5 Å². The van der Waals surface area contributed by atoms with E-state index in [2.05, 4.69) is 5.32 Å². The second-order valence-electron chi connectivity index (χ2n) is 5.20. The summed E-state index contributed by atoms with van der Waals surface area (Å²) in [7, 11) is 0. The summed E-state index contributed by atoms with van der Waals surface area (Å²) in [5.74, 6) is 0.295. The number of nitro groups is 1. The molecule has 0 radical (unpaired) electrons. The summed E-state index contributed by atoms with van der Waals surface area (Å²) >= 11 is 0. The quantitative estimate of drug-likeness (QED) is 0.649. The van der Waals surface area contributed by atoms with Gasteiger partial charge in [-0.25, -0.2) is 4.79 Å². The van der Waals surface area contributed by atoms with Gasteiger partial charge in [0.05, 0.1) is 4.92 Å². The first-order valence-electron chi connectivity index (χ1n) is 6.97. The Morgan fingerprint density at radius 1 is 1.33 bits per heavy atom. The zero-order valence-corrected chi connectivity index (χ0v) is 11.7. The fraction of sp³-hybridized carbons (Fsp3) is 0.500. The smallest absolute Gasteiger partial charge is 0.317 e. The largest absolute Gasteiger partial charge is 0.396 e. The lowest BCUT2D eigenvalue weighted by Crippen LogP contribution is -2.44. The number of carbonyl (C=O) groups is 1. The fourth-order valence-electron chi connectivity index (χ4n) is 2.34. The first kappa shape index (κ1) is 15.2. The minimum Gasteiger partial charge on any atom is -0.396 e. The van der Waals surface area contributed by atoms with Crippen molar-refractivity contribution in [3.63, 3.8) is 0 Å². The van der Waals surface area contributed by atoms with Crippen molar-refractivity contribution in [1.29, 1.82) is 0 Å². The number of piperidine rings is 1. The molecule has 7 nitrogen and oxygen atoms in total. The molecule has 1 saturated heterocycles. The van der Waals surface area contributed by atoms with Crippen LogP contribution in [0.5, 0.6) is 0 Å². The zero-order valence-electron chi connectivity index (χ0n) is 11.7. The van der Waals surface area contributed by atoms with Gasteiger partial charge >= 0.3 is 6.03 Å². The number of benzene rings is 1. The zero-order chi connectivity index (χ0) is 15.2. The second-order valence-corrected chi connectivity index (χ2v) is 5.20. The van der Waals surface area contributed by atoms with Crippen LogP contribution in [0.1, 0.15) is 18.4 Å². The molecule has 1 aliphatic rings. The van der Waals surface area contributed by atoms with Crippen molar-refractivity contribution in [2.24, 2.45) is 5.92 Å². The van der Waals surface area contributed by atoms with Crippen LogP contribution in [0.25, 0.3) is 0 Å². The monoisotopic (exact) mass is 293 g/mol. The van der Waals surface area contributed by atoms with Crippen molar-refractivity contribution < 1.29 is 14.8 Å². The van der Waals surface area contributed by atoms with E-state index >= 15 is 0 Å². The molecule has 21 heavy (non-hydrogen) atoms. The van der Waals surface area contributed by atoms with Crippen LogP contribution in [-0.4, -0.2) is 40.7 Å². The summed E-state index contributed by atoms with van der Waals surface area (Å²) in [6.07, 6.45) is 1.64. The fourth-order valence-corrected chi connectivity index (χ4v) is 2.34. The van der Waals surface area contributed by atoms with Gasteiger partial charge in [-0.2, -0.15) is 0 Å². The van der Waals surface area contributed by atoms with Crippen LogP contribution in [0.15, 0.2) is 24.3 Å². The number of nitro benzene ring substituents is 1. The molecule has 2 N–H and O–H groups in total. The molecule has 1 aromatic carbocycles. The van der Waals surface area contributed by atoms with E-state index in [0.29, 0.717) is 25.6 Å². The Morgan fingerprint density at radius 2 is 1.95 bits per heavy atom. The van der Waals surface area contributed by atoms with Crippen molar-refractivity contribution in [2.45, 2.75) is 19.4 Å². The molecule has 0 spiro atoms. The van der Waals surface area contributed by atoms with Gasteiger partial charge in [-0.3, -0.25) is 10.1 Å². The average Bonchev–Trinajstić information content (AvgIpc) is 2.53. The maximum Gasteiger partial charge on any atom is 0.317 e. The van der Waals surface area contributed by atoms with E-state index in [1.54, 1.807) is 17.0 Å². The van der Waals surface area contributed by atoms with E-state index in [0.717, 1.165) is 18.4 Å². The summed E-state index contributed by atoms with van der Waals surface area (Å²) in [5.41, 5.74) is 0.857. The van der Waals surface area contributed by atoms with Crippen LogP contribution in [0.3, 0.4) is 0 Å². The van der Waals surface area contributed by atoms with Crippen molar-refractivity contribution in [3.8, 4) is 0 Å². The summed E-state index contributed by atoms with van der Waals surface area (Å²) in [6, 6.07) is 5.99. The standard InChI is InChI=1S/C14H19N3O4/c18-10-12-5-7-16(8-6-12)14(19)15-9-11-1-3-13(4-2-11)17(20)21/h1-4,12,18H,5-10H2,(H,15,19). The number of urea groups is 1. The van der Waals surface area contributed by atoms with Gasteiger partial charge in [-0.1, -0.05) is 12.1 Å². The number of likely N-dealkylation sites (tertiary alicyclic amines) is 1. The number of aliphatic hydroxyl groups is 1. The molecule has 1 heterocycles. The third kappa shape index (κ3) is 4.16. The Kier molecular flexibility index (Phi) is 5.10. The molecule has 2 amide bonds. The summed E-state index contributed by atoms with van der Waals surface area (Å²) in [4.78, 5) is 23.8. The van der Waals surface area contributed by atoms with Crippen molar-refractivity contribution in [3.05, 3.63) is 39.9 Å². The first-order chi connectivity index (χ1) is 10.1. The van der Waals surface area contributed by atoms with Gasteiger partial charge in [0.1, 0.15) is 0 Å². The second kappa shape index (κ2) is 7.03. The molecule has 1 aliphatic heterocycles. The van der Waals surface area contributed by atoms with Crippen molar-refractivity contribution in [1.82, 2.24) is 10.2 Å². The molecule has 1 aromatic rings. The van der Waals surface area contributed by atoms with E-state index in [1.807, 2.05) is 0 Å². The molecule has 0 bridgehead atoms. The maximum absolute atomic E-state index is 12.0. The SMILES string of the molecule is O=C(NCc1ccc([N+](=O)[O-])cc1)N1CCC(CO)CC1. The van der Waals surface area contributed by atoms with E-state index < -0.39 is 4.92 Å². The van der Waals surface area contributed by atoms with Gasteiger partial charge < -0.3 is 15.3 Å². The first-order valence-corrected chi connectivity index (χ1v) is 6.97. The molecule has 0 atom stereocenters. The summed E-state index contributed by atoms with van der Waals surface area (Å²) in [5, 5.41) is 22.4. The van der Waals surface area contributed by atoms with Gasteiger partial charge in [0.2, 0.25) is 0 Å². The average molecular weight is 293 g/mol. The van der Waals surface area contributed by atoms with Gasteiger partial charge in [-0.15, -0.1) is 0 Å². The van der Waals surface area contributed by atoms with Crippen LogP contribution in [-0.2, 0) is 6.54 Å². The van der Waals surface area contributed by atoms with Crippen LogP contribution < -0.4 is 5.32 Å². The molecule has 2 rings (SSSR count). The highest BCUT2D eigenvalue weighted by Crippen LogP contribution is 2.16. The summed E-state index contributed by atoms with van der Waals surface area (Å²) in [6.45, 7) is 1.82. The lowest BCUT2D eigenvalue weighted by atomic mass is 9.98. The van der Waals surface area contributed by atoms with Crippen LogP contribution >= 0.6 is 0 Å². The number of hydrogen-bond acceptors (Lipinski definition) is 4. The normalized spacial score (nSPS) is 15.8. The lowest BCUT2D eigenvalue weighted by Gasteiger charge is -2.31. The number of carbonyl (C=O) groups excluding carboxylic acids is 1. The van der Waals surface area contributed by atoms with Crippen LogP contribution in [0, 0.1) is 16.0 Å². The van der Waals surface area contributed by atoms with Crippen molar-refractivity contribution >= 4 is 11.7 Å². The molecule has 0 saturated carbocycles. The third-order valence-electron chi connectivity index (χ3n) is 3.75. The van der Waals surface area contributed by atoms with E-state index in [4.69, 9.17) is 5.11 Å².